The highest BCUT2D eigenvalue weighted by Crippen LogP contribution is 2.20. The molecule has 0 fully saturated rings. The first-order chi connectivity index (χ1) is 11.4. The Morgan fingerprint density at radius 1 is 1.04 bits per heavy atom. The average Bonchev–Trinajstić information content (AvgIpc) is 2.56. The normalized spacial score (nSPS) is 10.1. The topological polar surface area (TPSA) is 101 Å². The molecule has 0 aliphatic carbocycles. The molecule has 0 bridgehead atoms. The number of carbonyl (C=O) groups is 2. The van der Waals surface area contributed by atoms with E-state index in [1.54, 1.807) is 38.1 Å². The zero-order chi connectivity index (χ0) is 17.7. The standard InChI is InChI=1S/C17H17N3O4/c1-3-16(21)18-13-6-8-14(9-7-13)19-17(22)12-5-4-11(2)15(10-12)20(23)24/h4-10H,3H2,1-2H3,(H,18,21)(H,19,22). The molecule has 0 saturated heterocycles. The number of carbonyl (C=O) groups excluding carboxylic acids is 2. The lowest BCUT2D eigenvalue weighted by Crippen LogP contribution is -2.13. The zero-order valence-electron chi connectivity index (χ0n) is 13.3. The highest BCUT2D eigenvalue weighted by Gasteiger charge is 2.15. The first kappa shape index (κ1) is 17.1. The van der Waals surface area contributed by atoms with Crippen LogP contribution in [0.25, 0.3) is 0 Å². The van der Waals surface area contributed by atoms with Crippen LogP contribution in [-0.2, 0) is 4.79 Å². The second-order valence-corrected chi connectivity index (χ2v) is 5.19. The lowest BCUT2D eigenvalue weighted by atomic mass is 10.1. The van der Waals surface area contributed by atoms with Gasteiger partial charge in [0.05, 0.1) is 4.92 Å². The largest absolute Gasteiger partial charge is 0.326 e. The predicted molar refractivity (Wildman–Crippen MR) is 91.1 cm³/mol. The number of nitro benzene ring substituents is 1. The minimum absolute atomic E-state index is 0.0970. The van der Waals surface area contributed by atoms with E-state index in [9.17, 15) is 19.7 Å². The Kier molecular flexibility index (Phi) is 5.26. The van der Waals surface area contributed by atoms with Crippen LogP contribution in [0.1, 0.15) is 29.3 Å². The Hall–Kier alpha value is -3.22. The second kappa shape index (κ2) is 7.36. The monoisotopic (exact) mass is 327 g/mol. The zero-order valence-corrected chi connectivity index (χ0v) is 13.3. The maximum absolute atomic E-state index is 12.2. The van der Waals surface area contributed by atoms with Crippen LogP contribution >= 0.6 is 0 Å². The fourth-order valence-corrected chi connectivity index (χ4v) is 2.04. The van der Waals surface area contributed by atoms with Gasteiger partial charge < -0.3 is 10.6 Å². The molecule has 0 spiro atoms. The summed E-state index contributed by atoms with van der Waals surface area (Å²) in [7, 11) is 0. The van der Waals surface area contributed by atoms with Crippen LogP contribution in [0.3, 0.4) is 0 Å². The van der Waals surface area contributed by atoms with Crippen molar-refractivity contribution in [1.82, 2.24) is 0 Å². The van der Waals surface area contributed by atoms with E-state index >= 15 is 0 Å². The van der Waals surface area contributed by atoms with E-state index in [-0.39, 0.29) is 17.2 Å². The molecule has 0 saturated carbocycles. The quantitative estimate of drug-likeness (QED) is 0.648. The molecule has 0 unspecified atom stereocenters. The summed E-state index contributed by atoms with van der Waals surface area (Å²) in [5.74, 6) is -0.540. The molecule has 124 valence electrons. The van der Waals surface area contributed by atoms with Crippen LogP contribution in [0.5, 0.6) is 0 Å². The summed E-state index contributed by atoms with van der Waals surface area (Å²) in [6.07, 6.45) is 0.380. The molecule has 0 heterocycles. The third kappa shape index (κ3) is 4.16. The number of nitrogens with one attached hydrogen (secondary N) is 2. The highest BCUT2D eigenvalue weighted by molar-refractivity contribution is 6.04. The van der Waals surface area contributed by atoms with Crippen molar-refractivity contribution in [3.05, 3.63) is 63.7 Å². The van der Waals surface area contributed by atoms with E-state index < -0.39 is 10.8 Å². The SMILES string of the molecule is CCC(=O)Nc1ccc(NC(=O)c2ccc(C)c([N+](=O)[O-])c2)cc1. The molecule has 0 aliphatic heterocycles. The second-order valence-electron chi connectivity index (χ2n) is 5.19. The van der Waals surface area contributed by atoms with Crippen molar-refractivity contribution in [2.75, 3.05) is 10.6 Å². The molecule has 0 radical (unpaired) electrons. The number of aryl methyl sites for hydroxylation is 1. The van der Waals surface area contributed by atoms with Crippen molar-refractivity contribution >= 4 is 28.9 Å². The summed E-state index contributed by atoms with van der Waals surface area (Å²) >= 11 is 0. The molecule has 2 aromatic rings. The number of rotatable bonds is 5. The van der Waals surface area contributed by atoms with Gasteiger partial charge in [-0.2, -0.15) is 0 Å². The van der Waals surface area contributed by atoms with Crippen molar-refractivity contribution in [3.63, 3.8) is 0 Å². The van der Waals surface area contributed by atoms with Crippen LogP contribution in [0.2, 0.25) is 0 Å². The van der Waals surface area contributed by atoms with Gasteiger partial charge in [-0.15, -0.1) is 0 Å². The molecule has 7 heteroatoms. The first-order valence-corrected chi connectivity index (χ1v) is 7.37. The van der Waals surface area contributed by atoms with Gasteiger partial charge in [0.1, 0.15) is 0 Å². The van der Waals surface area contributed by atoms with Crippen LogP contribution in [0.15, 0.2) is 42.5 Å². The number of hydrogen-bond donors (Lipinski definition) is 2. The van der Waals surface area contributed by atoms with Gasteiger partial charge in [0, 0.05) is 35.0 Å². The number of benzene rings is 2. The van der Waals surface area contributed by atoms with Gasteiger partial charge in [-0.05, 0) is 37.3 Å². The lowest BCUT2D eigenvalue weighted by molar-refractivity contribution is -0.385. The molecule has 2 amide bonds. The summed E-state index contributed by atoms with van der Waals surface area (Å²) in [6.45, 7) is 3.37. The van der Waals surface area contributed by atoms with Gasteiger partial charge in [-0.25, -0.2) is 0 Å². The lowest BCUT2D eigenvalue weighted by Gasteiger charge is -2.08. The van der Waals surface area contributed by atoms with Crippen LogP contribution in [0, 0.1) is 17.0 Å². The molecule has 7 nitrogen and oxygen atoms in total. The fourth-order valence-electron chi connectivity index (χ4n) is 2.04. The Balaban J connectivity index is 2.11. The van der Waals surface area contributed by atoms with Gasteiger partial charge in [-0.1, -0.05) is 13.0 Å². The van der Waals surface area contributed by atoms with Crippen molar-refractivity contribution in [2.24, 2.45) is 0 Å². The van der Waals surface area contributed by atoms with Crippen LogP contribution in [0.4, 0.5) is 17.1 Å². The van der Waals surface area contributed by atoms with Gasteiger partial charge in [0.25, 0.3) is 11.6 Å². The molecule has 2 aromatic carbocycles. The van der Waals surface area contributed by atoms with Gasteiger partial charge in [0.2, 0.25) is 5.91 Å². The Morgan fingerprint density at radius 2 is 1.62 bits per heavy atom. The minimum atomic E-state index is -0.517. The molecule has 24 heavy (non-hydrogen) atoms. The Labute approximate surface area is 138 Å². The van der Waals surface area contributed by atoms with E-state index in [0.717, 1.165) is 0 Å². The maximum atomic E-state index is 12.2. The summed E-state index contributed by atoms with van der Waals surface area (Å²) in [4.78, 5) is 33.9. The number of amides is 2. The van der Waals surface area contributed by atoms with Gasteiger partial charge in [0.15, 0.2) is 0 Å². The van der Waals surface area contributed by atoms with Crippen molar-refractivity contribution in [3.8, 4) is 0 Å². The van der Waals surface area contributed by atoms with E-state index in [1.165, 1.54) is 18.2 Å². The summed E-state index contributed by atoms with van der Waals surface area (Å²) in [5.41, 5.74) is 1.76. The van der Waals surface area contributed by atoms with Gasteiger partial charge >= 0.3 is 0 Å². The third-order valence-electron chi connectivity index (χ3n) is 3.42. The van der Waals surface area contributed by atoms with Gasteiger partial charge in [-0.3, -0.25) is 19.7 Å². The third-order valence-corrected chi connectivity index (χ3v) is 3.42. The summed E-state index contributed by atoms with van der Waals surface area (Å²) in [5, 5.41) is 16.3. The van der Waals surface area contributed by atoms with E-state index in [4.69, 9.17) is 0 Å². The molecular formula is C17H17N3O4. The highest BCUT2D eigenvalue weighted by atomic mass is 16.6. The van der Waals surface area contributed by atoms with Crippen molar-refractivity contribution in [1.29, 1.82) is 0 Å². The number of anilines is 2. The van der Waals surface area contributed by atoms with E-state index in [0.29, 0.717) is 23.4 Å². The Bertz CT molecular complexity index is 785. The first-order valence-electron chi connectivity index (χ1n) is 7.37. The van der Waals surface area contributed by atoms with Crippen LogP contribution in [-0.4, -0.2) is 16.7 Å². The molecule has 0 aromatic heterocycles. The fraction of sp³-hybridized carbons (Fsp3) is 0.176. The molecule has 0 aliphatic rings. The number of nitrogens with zero attached hydrogens (tertiary/aromatic N) is 1. The maximum Gasteiger partial charge on any atom is 0.273 e. The van der Waals surface area contributed by atoms with E-state index in [1.807, 2.05) is 0 Å². The van der Waals surface area contributed by atoms with Crippen molar-refractivity contribution in [2.45, 2.75) is 20.3 Å². The van der Waals surface area contributed by atoms with Crippen molar-refractivity contribution < 1.29 is 14.5 Å². The van der Waals surface area contributed by atoms with E-state index in [2.05, 4.69) is 10.6 Å². The molecular weight excluding hydrogens is 310 g/mol. The Morgan fingerprint density at radius 3 is 2.17 bits per heavy atom. The number of hydrogen-bond acceptors (Lipinski definition) is 4. The average molecular weight is 327 g/mol. The smallest absolute Gasteiger partial charge is 0.273 e. The summed E-state index contributed by atoms with van der Waals surface area (Å²) in [6, 6.07) is 10.9. The molecule has 0 atom stereocenters. The molecule has 2 N–H and O–H groups in total. The number of nitro groups is 1. The summed E-state index contributed by atoms with van der Waals surface area (Å²) < 4.78 is 0. The predicted octanol–water partition coefficient (Wildman–Crippen LogP) is 3.50. The molecule has 2 rings (SSSR count). The van der Waals surface area contributed by atoms with Crippen LogP contribution < -0.4 is 10.6 Å². The minimum Gasteiger partial charge on any atom is -0.326 e.